The topological polar surface area (TPSA) is 37.0 Å². The average molecular weight is 372 g/mol. The highest BCUT2D eigenvalue weighted by atomic mass is 19.1. The Morgan fingerprint density at radius 3 is 2.75 bits per heavy atom. The Hall–Kier alpha value is -3.11. The maximum Gasteiger partial charge on any atom is 0.123 e. The number of H-pyrrole nitrogens is 1. The van der Waals surface area contributed by atoms with Crippen molar-refractivity contribution in [3.05, 3.63) is 101 Å². The molecule has 0 saturated heterocycles. The number of aromatic amines is 1. The van der Waals surface area contributed by atoms with Crippen LogP contribution in [-0.2, 0) is 13.0 Å². The van der Waals surface area contributed by atoms with Crippen LogP contribution in [-0.4, -0.2) is 11.5 Å². The van der Waals surface area contributed by atoms with Gasteiger partial charge in [-0.05, 0) is 53.4 Å². The van der Waals surface area contributed by atoms with Crippen LogP contribution in [0.5, 0.6) is 5.75 Å². The molecule has 0 saturated carbocycles. The zero-order chi connectivity index (χ0) is 18.9. The first-order valence-electron chi connectivity index (χ1n) is 9.58. The maximum absolute atomic E-state index is 13.7. The Kier molecular flexibility index (Phi) is 4.34. The average Bonchev–Trinajstić information content (AvgIpc) is 3.11. The third kappa shape index (κ3) is 3.16. The minimum absolute atomic E-state index is 0.0412. The predicted octanol–water partition coefficient (Wildman–Crippen LogP) is 5.12. The molecule has 0 amide bonds. The Morgan fingerprint density at radius 2 is 1.86 bits per heavy atom. The van der Waals surface area contributed by atoms with E-state index in [2.05, 4.69) is 34.6 Å². The highest BCUT2D eigenvalue weighted by Crippen LogP contribution is 2.34. The van der Waals surface area contributed by atoms with Gasteiger partial charge in [0.2, 0.25) is 0 Å². The zero-order valence-electron chi connectivity index (χ0n) is 15.4. The van der Waals surface area contributed by atoms with Crippen LogP contribution >= 0.6 is 0 Å². The zero-order valence-corrected chi connectivity index (χ0v) is 15.4. The summed E-state index contributed by atoms with van der Waals surface area (Å²) in [6.07, 6.45) is 0.888. The minimum atomic E-state index is -0.194. The quantitative estimate of drug-likeness (QED) is 0.522. The first-order valence-corrected chi connectivity index (χ1v) is 9.58. The smallest absolute Gasteiger partial charge is 0.123 e. The van der Waals surface area contributed by atoms with E-state index in [1.807, 2.05) is 36.4 Å². The van der Waals surface area contributed by atoms with Gasteiger partial charge in [0.15, 0.2) is 0 Å². The third-order valence-electron chi connectivity index (χ3n) is 5.35. The van der Waals surface area contributed by atoms with Crippen molar-refractivity contribution in [1.29, 1.82) is 0 Å². The highest BCUT2D eigenvalue weighted by Gasteiger charge is 2.25. The number of hydrogen-bond acceptors (Lipinski definition) is 2. The SMILES string of the molecule is Fc1ccc2[nH]c3c(c2c1)CCNC3c1cccc(OCc2ccccc2)c1. The van der Waals surface area contributed by atoms with Crippen molar-refractivity contribution in [2.75, 3.05) is 6.54 Å². The third-order valence-corrected chi connectivity index (χ3v) is 5.35. The van der Waals surface area contributed by atoms with Crippen molar-refractivity contribution in [2.45, 2.75) is 19.1 Å². The fourth-order valence-corrected chi connectivity index (χ4v) is 4.01. The summed E-state index contributed by atoms with van der Waals surface area (Å²) >= 11 is 0. The molecule has 0 radical (unpaired) electrons. The van der Waals surface area contributed by atoms with E-state index in [0.717, 1.165) is 46.4 Å². The van der Waals surface area contributed by atoms with Gasteiger partial charge < -0.3 is 15.0 Å². The Morgan fingerprint density at radius 1 is 0.964 bits per heavy atom. The number of rotatable bonds is 4. The number of benzene rings is 3. The van der Waals surface area contributed by atoms with Gasteiger partial charge in [-0.15, -0.1) is 0 Å². The second-order valence-corrected chi connectivity index (χ2v) is 7.19. The van der Waals surface area contributed by atoms with E-state index in [0.29, 0.717) is 6.61 Å². The summed E-state index contributed by atoms with van der Waals surface area (Å²) in [5.41, 5.74) is 5.58. The summed E-state index contributed by atoms with van der Waals surface area (Å²) in [6, 6.07) is 23.3. The number of halogens is 1. The van der Waals surface area contributed by atoms with E-state index >= 15 is 0 Å². The molecule has 1 aliphatic rings. The lowest BCUT2D eigenvalue weighted by atomic mass is 9.94. The molecular weight excluding hydrogens is 351 g/mol. The van der Waals surface area contributed by atoms with Gasteiger partial charge in [-0.25, -0.2) is 4.39 Å². The molecule has 1 unspecified atom stereocenters. The Bertz CT molecular complexity index is 1120. The largest absolute Gasteiger partial charge is 0.489 e. The van der Waals surface area contributed by atoms with Crippen LogP contribution in [0.4, 0.5) is 4.39 Å². The van der Waals surface area contributed by atoms with Crippen LogP contribution in [0.3, 0.4) is 0 Å². The number of fused-ring (bicyclic) bond motifs is 3. The molecule has 5 rings (SSSR count). The molecule has 3 nitrogen and oxygen atoms in total. The summed E-state index contributed by atoms with van der Waals surface area (Å²) in [4.78, 5) is 3.50. The van der Waals surface area contributed by atoms with Gasteiger partial charge in [-0.2, -0.15) is 0 Å². The van der Waals surface area contributed by atoms with Gasteiger partial charge in [0.25, 0.3) is 0 Å². The summed E-state index contributed by atoms with van der Waals surface area (Å²) < 4.78 is 19.7. The van der Waals surface area contributed by atoms with Crippen molar-refractivity contribution in [3.63, 3.8) is 0 Å². The predicted molar refractivity (Wildman–Crippen MR) is 109 cm³/mol. The molecule has 140 valence electrons. The fourth-order valence-electron chi connectivity index (χ4n) is 4.01. The lowest BCUT2D eigenvalue weighted by Crippen LogP contribution is -2.30. The van der Waals surface area contributed by atoms with E-state index < -0.39 is 0 Å². The molecule has 2 heterocycles. The molecule has 1 aromatic heterocycles. The molecule has 1 aliphatic heterocycles. The lowest BCUT2D eigenvalue weighted by molar-refractivity contribution is 0.305. The maximum atomic E-state index is 13.7. The standard InChI is InChI=1S/C24H21FN2O/c25-18-9-10-22-21(14-18)20-11-12-26-23(24(20)27-22)17-7-4-8-19(13-17)28-15-16-5-2-1-3-6-16/h1-10,13-14,23,26-27H,11-12,15H2. The molecule has 0 fully saturated rings. The number of hydrogen-bond donors (Lipinski definition) is 2. The second kappa shape index (κ2) is 7.13. The highest BCUT2D eigenvalue weighted by molar-refractivity contribution is 5.85. The van der Waals surface area contributed by atoms with Crippen molar-refractivity contribution in [2.24, 2.45) is 0 Å². The van der Waals surface area contributed by atoms with E-state index in [1.54, 1.807) is 6.07 Å². The van der Waals surface area contributed by atoms with Gasteiger partial charge in [0.1, 0.15) is 18.2 Å². The molecule has 0 aliphatic carbocycles. The first kappa shape index (κ1) is 17.0. The molecule has 0 spiro atoms. The number of aromatic nitrogens is 1. The van der Waals surface area contributed by atoms with Crippen LogP contribution in [0, 0.1) is 5.82 Å². The van der Waals surface area contributed by atoms with Gasteiger partial charge >= 0.3 is 0 Å². The summed E-state index contributed by atoms with van der Waals surface area (Å²) in [7, 11) is 0. The first-order chi connectivity index (χ1) is 13.8. The van der Waals surface area contributed by atoms with E-state index in [-0.39, 0.29) is 11.9 Å². The molecule has 2 N–H and O–H groups in total. The lowest BCUT2D eigenvalue weighted by Gasteiger charge is -2.25. The fraction of sp³-hybridized carbons (Fsp3) is 0.167. The van der Waals surface area contributed by atoms with E-state index in [9.17, 15) is 4.39 Å². The molecule has 0 bridgehead atoms. The van der Waals surface area contributed by atoms with Crippen molar-refractivity contribution in [1.82, 2.24) is 10.3 Å². The van der Waals surface area contributed by atoms with Gasteiger partial charge in [0.05, 0.1) is 6.04 Å². The summed E-state index contributed by atoms with van der Waals surface area (Å²) in [5.74, 6) is 0.651. The van der Waals surface area contributed by atoms with Gasteiger partial charge in [-0.3, -0.25) is 0 Å². The monoisotopic (exact) mass is 372 g/mol. The van der Waals surface area contributed by atoms with E-state index in [4.69, 9.17) is 4.74 Å². The van der Waals surface area contributed by atoms with Crippen LogP contribution in [0.25, 0.3) is 10.9 Å². The van der Waals surface area contributed by atoms with Gasteiger partial charge in [-0.1, -0.05) is 42.5 Å². The van der Waals surface area contributed by atoms with Crippen LogP contribution in [0.2, 0.25) is 0 Å². The summed E-state index contributed by atoms with van der Waals surface area (Å²) in [6.45, 7) is 1.40. The molecule has 1 atom stereocenters. The number of ether oxygens (including phenoxy) is 1. The van der Waals surface area contributed by atoms with E-state index in [1.165, 1.54) is 11.6 Å². The molecule has 4 heteroatoms. The molecule has 3 aromatic carbocycles. The van der Waals surface area contributed by atoms with Crippen molar-refractivity contribution in [3.8, 4) is 5.75 Å². The van der Waals surface area contributed by atoms with Gasteiger partial charge in [0, 0.05) is 23.1 Å². The Balaban J connectivity index is 1.45. The minimum Gasteiger partial charge on any atom is -0.489 e. The van der Waals surface area contributed by atoms with Crippen molar-refractivity contribution >= 4 is 10.9 Å². The normalized spacial score (nSPS) is 16.1. The Labute approximate surface area is 163 Å². The molecule has 4 aromatic rings. The van der Waals surface area contributed by atoms with Crippen LogP contribution in [0.1, 0.15) is 28.4 Å². The molecule has 28 heavy (non-hydrogen) atoms. The molecular formula is C24H21FN2O. The second-order valence-electron chi connectivity index (χ2n) is 7.19. The van der Waals surface area contributed by atoms with Crippen molar-refractivity contribution < 1.29 is 9.13 Å². The summed E-state index contributed by atoms with van der Waals surface area (Å²) in [5, 5.41) is 4.57. The number of nitrogens with one attached hydrogen (secondary N) is 2. The van der Waals surface area contributed by atoms with Crippen LogP contribution < -0.4 is 10.1 Å². The van der Waals surface area contributed by atoms with Crippen LogP contribution in [0.15, 0.2) is 72.8 Å².